The second kappa shape index (κ2) is 4.94. The summed E-state index contributed by atoms with van der Waals surface area (Å²) >= 11 is 0. The minimum absolute atomic E-state index is 0.755. The van der Waals surface area contributed by atoms with E-state index in [1.54, 1.807) is 0 Å². The molecule has 3 heteroatoms. The third-order valence-electron chi connectivity index (χ3n) is 3.15. The van der Waals surface area contributed by atoms with Gasteiger partial charge < -0.3 is 15.5 Å². The highest BCUT2D eigenvalue weighted by Gasteiger charge is 2.32. The van der Waals surface area contributed by atoms with E-state index < -0.39 is 0 Å². The number of hydrogen-bond acceptors (Lipinski definition) is 3. The molecule has 1 fully saturated rings. The summed E-state index contributed by atoms with van der Waals surface area (Å²) in [5.41, 5.74) is 5.68. The lowest BCUT2D eigenvalue weighted by molar-refractivity contribution is 0.0840. The van der Waals surface area contributed by atoms with E-state index in [1.165, 1.54) is 12.8 Å². The summed E-state index contributed by atoms with van der Waals surface area (Å²) < 4.78 is 0. The summed E-state index contributed by atoms with van der Waals surface area (Å²) in [6, 6.07) is 0.755. The van der Waals surface area contributed by atoms with Crippen LogP contribution in [0.2, 0.25) is 0 Å². The van der Waals surface area contributed by atoms with Crippen molar-refractivity contribution in [2.24, 2.45) is 11.7 Å². The van der Waals surface area contributed by atoms with Gasteiger partial charge in [0.15, 0.2) is 0 Å². The van der Waals surface area contributed by atoms with Gasteiger partial charge in [0.2, 0.25) is 0 Å². The molecule has 0 aromatic carbocycles. The zero-order valence-corrected chi connectivity index (χ0v) is 9.16. The summed E-state index contributed by atoms with van der Waals surface area (Å²) in [5.74, 6) is 0.757. The van der Waals surface area contributed by atoms with E-state index >= 15 is 0 Å². The molecule has 0 amide bonds. The van der Waals surface area contributed by atoms with E-state index in [2.05, 4.69) is 30.9 Å². The van der Waals surface area contributed by atoms with Crippen LogP contribution in [0.5, 0.6) is 0 Å². The van der Waals surface area contributed by atoms with Gasteiger partial charge in [-0.3, -0.25) is 0 Å². The van der Waals surface area contributed by atoms with Crippen LogP contribution in [0.25, 0.3) is 0 Å². The molecule has 0 radical (unpaired) electrons. The van der Waals surface area contributed by atoms with Crippen LogP contribution in [0.4, 0.5) is 0 Å². The Bertz CT molecular complexity index is 145. The molecule has 3 nitrogen and oxygen atoms in total. The monoisotopic (exact) mass is 185 g/mol. The summed E-state index contributed by atoms with van der Waals surface area (Å²) in [4.78, 5) is 4.69. The highest BCUT2D eigenvalue weighted by molar-refractivity contribution is 4.88. The lowest BCUT2D eigenvalue weighted by atomic mass is 9.79. The molecule has 1 rings (SSSR count). The molecule has 0 heterocycles. The average Bonchev–Trinajstić information content (AvgIpc) is 2.00. The first-order chi connectivity index (χ1) is 6.15. The molecule has 0 spiro atoms. The van der Waals surface area contributed by atoms with Gasteiger partial charge in [0, 0.05) is 19.1 Å². The third-order valence-corrected chi connectivity index (χ3v) is 3.15. The Morgan fingerprint density at radius 3 is 2.23 bits per heavy atom. The molecule has 0 aromatic heterocycles. The molecule has 1 aliphatic rings. The van der Waals surface area contributed by atoms with Crippen LogP contribution in [0.1, 0.15) is 12.8 Å². The Morgan fingerprint density at radius 2 is 1.85 bits per heavy atom. The number of nitrogens with two attached hydrogens (primary N) is 1. The van der Waals surface area contributed by atoms with Crippen molar-refractivity contribution >= 4 is 0 Å². The summed E-state index contributed by atoms with van der Waals surface area (Å²) in [6.07, 6.45) is 2.67. The quantitative estimate of drug-likeness (QED) is 0.665. The van der Waals surface area contributed by atoms with Gasteiger partial charge in [-0.2, -0.15) is 0 Å². The van der Waals surface area contributed by atoms with Crippen LogP contribution >= 0.6 is 0 Å². The molecule has 2 atom stereocenters. The van der Waals surface area contributed by atoms with Gasteiger partial charge >= 0.3 is 0 Å². The lowest BCUT2D eigenvalue weighted by Crippen LogP contribution is -2.49. The van der Waals surface area contributed by atoms with E-state index in [0.717, 1.165) is 31.6 Å². The van der Waals surface area contributed by atoms with E-state index in [9.17, 15) is 0 Å². The van der Waals surface area contributed by atoms with Crippen LogP contribution in [-0.4, -0.2) is 56.6 Å². The molecule has 1 saturated carbocycles. The minimum Gasteiger partial charge on any atom is -0.330 e. The number of rotatable bonds is 5. The second-order valence-corrected chi connectivity index (χ2v) is 4.42. The Hall–Kier alpha value is -0.120. The van der Waals surface area contributed by atoms with Crippen molar-refractivity contribution in [3.63, 3.8) is 0 Å². The van der Waals surface area contributed by atoms with Crippen molar-refractivity contribution in [1.29, 1.82) is 0 Å². The molecule has 0 aromatic rings. The van der Waals surface area contributed by atoms with Crippen molar-refractivity contribution in [2.45, 2.75) is 18.9 Å². The normalized spacial score (nSPS) is 28.2. The van der Waals surface area contributed by atoms with E-state index in [-0.39, 0.29) is 0 Å². The van der Waals surface area contributed by atoms with Crippen molar-refractivity contribution < 1.29 is 0 Å². The first-order valence-corrected chi connectivity index (χ1v) is 5.20. The summed E-state index contributed by atoms with van der Waals surface area (Å²) in [5, 5.41) is 0. The van der Waals surface area contributed by atoms with Crippen LogP contribution < -0.4 is 5.73 Å². The van der Waals surface area contributed by atoms with Crippen molar-refractivity contribution in [2.75, 3.05) is 40.8 Å². The van der Waals surface area contributed by atoms with Crippen molar-refractivity contribution in [3.8, 4) is 0 Å². The molecule has 13 heavy (non-hydrogen) atoms. The second-order valence-electron chi connectivity index (χ2n) is 4.42. The van der Waals surface area contributed by atoms with Crippen LogP contribution in [0, 0.1) is 5.92 Å². The first-order valence-electron chi connectivity index (χ1n) is 5.20. The lowest BCUT2D eigenvalue weighted by Gasteiger charge is -2.42. The van der Waals surface area contributed by atoms with E-state index in [4.69, 9.17) is 5.73 Å². The molecule has 78 valence electrons. The first kappa shape index (κ1) is 11.0. The van der Waals surface area contributed by atoms with E-state index in [1.807, 2.05) is 0 Å². The van der Waals surface area contributed by atoms with Gasteiger partial charge in [-0.1, -0.05) is 0 Å². The van der Waals surface area contributed by atoms with Gasteiger partial charge in [0.1, 0.15) is 0 Å². The molecule has 2 unspecified atom stereocenters. The molecular formula is C10H23N3. The third kappa shape index (κ3) is 2.93. The fourth-order valence-corrected chi connectivity index (χ4v) is 1.93. The minimum atomic E-state index is 0.755. The summed E-state index contributed by atoms with van der Waals surface area (Å²) in [7, 11) is 6.46. The molecular weight excluding hydrogens is 162 g/mol. The zero-order chi connectivity index (χ0) is 9.84. The topological polar surface area (TPSA) is 32.5 Å². The van der Waals surface area contributed by atoms with Gasteiger partial charge in [0.25, 0.3) is 0 Å². The van der Waals surface area contributed by atoms with Crippen molar-refractivity contribution in [1.82, 2.24) is 9.80 Å². The fraction of sp³-hybridized carbons (Fsp3) is 1.00. The maximum atomic E-state index is 5.68. The summed E-state index contributed by atoms with van der Waals surface area (Å²) in [6.45, 7) is 3.16. The molecule has 1 aliphatic carbocycles. The maximum absolute atomic E-state index is 5.68. The molecule has 0 bridgehead atoms. The molecule has 0 aliphatic heterocycles. The van der Waals surface area contributed by atoms with E-state index in [0.29, 0.717) is 0 Å². The van der Waals surface area contributed by atoms with Crippen LogP contribution in [0.15, 0.2) is 0 Å². The van der Waals surface area contributed by atoms with Gasteiger partial charge in [-0.05, 0) is 46.4 Å². The average molecular weight is 185 g/mol. The zero-order valence-electron chi connectivity index (χ0n) is 9.16. The number of nitrogens with zero attached hydrogens (tertiary/aromatic N) is 2. The number of hydrogen-bond donors (Lipinski definition) is 1. The molecule has 2 N–H and O–H groups in total. The Morgan fingerprint density at radius 1 is 1.15 bits per heavy atom. The van der Waals surface area contributed by atoms with Gasteiger partial charge in [-0.25, -0.2) is 0 Å². The standard InChI is InChI=1S/C10H23N3/c1-12(2)6-7-13(3)10-5-4-9(10)8-11/h9-10H,4-8,11H2,1-3H3. The predicted molar refractivity (Wildman–Crippen MR) is 56.8 cm³/mol. The smallest absolute Gasteiger partial charge is 0.0133 e. The highest BCUT2D eigenvalue weighted by atomic mass is 15.2. The maximum Gasteiger partial charge on any atom is 0.0133 e. The highest BCUT2D eigenvalue weighted by Crippen LogP contribution is 2.30. The van der Waals surface area contributed by atoms with Gasteiger partial charge in [0.05, 0.1) is 0 Å². The van der Waals surface area contributed by atoms with Crippen LogP contribution in [-0.2, 0) is 0 Å². The fourth-order valence-electron chi connectivity index (χ4n) is 1.93. The molecule has 0 saturated heterocycles. The Balaban J connectivity index is 2.19. The Labute approximate surface area is 81.9 Å². The SMILES string of the molecule is CN(C)CCN(C)C1CCC1CN. The largest absolute Gasteiger partial charge is 0.330 e. The van der Waals surface area contributed by atoms with Crippen LogP contribution in [0.3, 0.4) is 0 Å². The van der Waals surface area contributed by atoms with Crippen molar-refractivity contribution in [3.05, 3.63) is 0 Å². The van der Waals surface area contributed by atoms with Gasteiger partial charge in [-0.15, -0.1) is 0 Å². The predicted octanol–water partition coefficient (Wildman–Crippen LogP) is 0.217. The Kier molecular flexibility index (Phi) is 4.16. The number of likely N-dealkylation sites (N-methyl/N-ethyl adjacent to an activating group) is 2.